The first-order chi connectivity index (χ1) is 11.1. The van der Waals surface area contributed by atoms with Crippen LogP contribution in [0.3, 0.4) is 0 Å². The minimum atomic E-state index is -0.665. The minimum absolute atomic E-state index is 0.0347. The molecule has 2 N–H and O–H groups in total. The molecule has 6 nitrogen and oxygen atoms in total. The van der Waals surface area contributed by atoms with Crippen LogP contribution in [0.2, 0.25) is 0 Å². The Bertz CT molecular complexity index is 726. The average molecular weight is 317 g/mol. The Labute approximate surface area is 135 Å². The minimum Gasteiger partial charge on any atom is -0.388 e. The van der Waals surface area contributed by atoms with Crippen molar-refractivity contribution in [2.75, 3.05) is 11.4 Å². The fraction of sp³-hybridized carbons (Fsp3) is 0.471. The van der Waals surface area contributed by atoms with Crippen LogP contribution < -0.4 is 16.3 Å². The largest absolute Gasteiger partial charge is 0.388 e. The van der Waals surface area contributed by atoms with Gasteiger partial charge in [0.05, 0.1) is 10.9 Å². The van der Waals surface area contributed by atoms with E-state index in [1.807, 2.05) is 0 Å². The van der Waals surface area contributed by atoms with Gasteiger partial charge in [0.1, 0.15) is 0 Å². The van der Waals surface area contributed by atoms with Crippen LogP contribution in [0.25, 0.3) is 10.9 Å². The van der Waals surface area contributed by atoms with Crippen molar-refractivity contribution < 1.29 is 9.21 Å². The van der Waals surface area contributed by atoms with Gasteiger partial charge in [0, 0.05) is 6.54 Å². The quantitative estimate of drug-likeness (QED) is 0.848. The third kappa shape index (κ3) is 4.09. The number of carbonyl (C=O) groups is 1. The van der Waals surface area contributed by atoms with Crippen molar-refractivity contribution in [3.05, 3.63) is 34.7 Å². The van der Waals surface area contributed by atoms with Crippen molar-refractivity contribution in [3.8, 4) is 0 Å². The molecule has 124 valence electrons. The molecule has 0 aliphatic carbocycles. The number of primary amides is 1. The number of benzene rings is 1. The van der Waals surface area contributed by atoms with E-state index in [2.05, 4.69) is 18.8 Å². The summed E-state index contributed by atoms with van der Waals surface area (Å²) in [5.41, 5.74) is 5.42. The molecule has 1 aromatic heterocycles. The topological polar surface area (TPSA) is 89.4 Å². The predicted octanol–water partition coefficient (Wildman–Crippen LogP) is 3.29. The molecule has 0 saturated heterocycles. The molecule has 2 amide bonds. The smallest absolute Gasteiger partial charge is 0.348 e. The Hall–Kier alpha value is -2.37. The highest BCUT2D eigenvalue weighted by Gasteiger charge is 2.20. The van der Waals surface area contributed by atoms with Crippen LogP contribution in [0, 0.1) is 5.92 Å². The lowest BCUT2D eigenvalue weighted by Crippen LogP contribution is -2.38. The summed E-state index contributed by atoms with van der Waals surface area (Å²) in [6.07, 6.45) is 4.03. The van der Waals surface area contributed by atoms with Gasteiger partial charge >= 0.3 is 17.7 Å². The number of rotatable bonds is 7. The zero-order chi connectivity index (χ0) is 16.8. The molecule has 1 unspecified atom stereocenters. The highest BCUT2D eigenvalue weighted by atomic mass is 16.4. The molecule has 0 radical (unpaired) electrons. The second kappa shape index (κ2) is 7.76. The van der Waals surface area contributed by atoms with E-state index in [9.17, 15) is 9.59 Å². The Kier molecular flexibility index (Phi) is 5.73. The van der Waals surface area contributed by atoms with Crippen LogP contribution in [0.5, 0.6) is 0 Å². The Balaban J connectivity index is 2.27. The van der Waals surface area contributed by atoms with E-state index >= 15 is 0 Å². The summed E-state index contributed by atoms with van der Waals surface area (Å²) >= 11 is 0. The van der Waals surface area contributed by atoms with Crippen LogP contribution in [0.1, 0.15) is 39.5 Å². The average Bonchev–Trinajstić information content (AvgIpc) is 2.54. The number of fused-ring (bicyclic) bond motifs is 1. The van der Waals surface area contributed by atoms with Crippen molar-refractivity contribution in [1.29, 1.82) is 0 Å². The number of nitrogens with zero attached hydrogens (tertiary/aromatic N) is 2. The van der Waals surface area contributed by atoms with Crippen molar-refractivity contribution in [1.82, 2.24) is 4.98 Å². The lowest BCUT2D eigenvalue weighted by atomic mass is 9.97. The first-order valence-electron chi connectivity index (χ1n) is 8.03. The van der Waals surface area contributed by atoms with E-state index < -0.39 is 11.7 Å². The predicted molar refractivity (Wildman–Crippen MR) is 90.5 cm³/mol. The summed E-state index contributed by atoms with van der Waals surface area (Å²) in [6.45, 7) is 4.66. The summed E-state index contributed by atoms with van der Waals surface area (Å²) in [4.78, 5) is 29.3. The van der Waals surface area contributed by atoms with Gasteiger partial charge in [-0.3, -0.25) is 0 Å². The molecule has 1 aromatic carbocycles. The number of para-hydroxylation sites is 1. The number of hydrogen-bond donors (Lipinski definition) is 1. The van der Waals surface area contributed by atoms with Gasteiger partial charge in [0.15, 0.2) is 0 Å². The number of anilines is 1. The molecule has 0 aliphatic rings. The summed E-state index contributed by atoms with van der Waals surface area (Å²) in [6, 6.07) is 6.17. The Morgan fingerprint density at radius 2 is 2.04 bits per heavy atom. The maximum atomic E-state index is 12.0. The standard InChI is InChI=1S/C17H23N3O3/c1-3-7-12(4-2)10-11-20(16(18)22)17-19-14-9-6-5-8-13(14)15(21)23-17/h5-6,8-9,12H,3-4,7,10-11H2,1-2H3,(H2,18,22). The van der Waals surface area contributed by atoms with Gasteiger partial charge in [-0.25, -0.2) is 14.5 Å². The summed E-state index contributed by atoms with van der Waals surface area (Å²) in [5.74, 6) is 0.508. The van der Waals surface area contributed by atoms with E-state index in [1.165, 1.54) is 4.90 Å². The zero-order valence-corrected chi connectivity index (χ0v) is 13.6. The molecule has 1 heterocycles. The molecule has 0 fully saturated rings. The fourth-order valence-electron chi connectivity index (χ4n) is 2.70. The molecule has 23 heavy (non-hydrogen) atoms. The van der Waals surface area contributed by atoms with E-state index in [-0.39, 0.29) is 6.01 Å². The third-order valence-corrected chi connectivity index (χ3v) is 4.06. The second-order valence-corrected chi connectivity index (χ2v) is 5.64. The van der Waals surface area contributed by atoms with Crippen molar-refractivity contribution in [3.63, 3.8) is 0 Å². The van der Waals surface area contributed by atoms with Crippen LogP contribution in [0.15, 0.2) is 33.5 Å². The van der Waals surface area contributed by atoms with Crippen molar-refractivity contribution in [2.45, 2.75) is 39.5 Å². The van der Waals surface area contributed by atoms with Gasteiger partial charge in [-0.2, -0.15) is 4.98 Å². The van der Waals surface area contributed by atoms with Crippen LogP contribution >= 0.6 is 0 Å². The molecule has 1 atom stereocenters. The maximum absolute atomic E-state index is 12.0. The Morgan fingerprint density at radius 3 is 2.70 bits per heavy atom. The van der Waals surface area contributed by atoms with Crippen molar-refractivity contribution >= 4 is 22.9 Å². The first kappa shape index (κ1) is 17.0. The lowest BCUT2D eigenvalue weighted by Gasteiger charge is -2.21. The van der Waals surface area contributed by atoms with E-state index in [0.29, 0.717) is 23.4 Å². The lowest BCUT2D eigenvalue weighted by molar-refractivity contribution is 0.251. The van der Waals surface area contributed by atoms with Gasteiger partial charge in [0.2, 0.25) is 0 Å². The molecule has 0 bridgehead atoms. The molecule has 0 spiro atoms. The molecular formula is C17H23N3O3. The Morgan fingerprint density at radius 1 is 1.30 bits per heavy atom. The summed E-state index contributed by atoms with van der Waals surface area (Å²) in [5, 5.41) is 0.387. The van der Waals surface area contributed by atoms with Crippen LogP contribution in [-0.2, 0) is 0 Å². The number of amides is 2. The number of aromatic nitrogens is 1. The molecular weight excluding hydrogens is 294 g/mol. The fourth-order valence-corrected chi connectivity index (χ4v) is 2.70. The van der Waals surface area contributed by atoms with Gasteiger partial charge in [-0.15, -0.1) is 0 Å². The number of hydrogen-bond acceptors (Lipinski definition) is 4. The molecule has 2 rings (SSSR count). The number of nitrogens with two attached hydrogens (primary N) is 1. The second-order valence-electron chi connectivity index (χ2n) is 5.64. The zero-order valence-electron chi connectivity index (χ0n) is 13.6. The maximum Gasteiger partial charge on any atom is 0.348 e. The molecule has 0 aliphatic heterocycles. The molecule has 6 heteroatoms. The molecule has 0 saturated carbocycles. The highest BCUT2D eigenvalue weighted by Crippen LogP contribution is 2.19. The normalized spacial score (nSPS) is 12.3. The van der Waals surface area contributed by atoms with Gasteiger partial charge in [-0.1, -0.05) is 45.2 Å². The monoisotopic (exact) mass is 317 g/mol. The third-order valence-electron chi connectivity index (χ3n) is 4.06. The number of carbonyl (C=O) groups excluding carboxylic acids is 1. The van der Waals surface area contributed by atoms with Crippen molar-refractivity contribution in [2.24, 2.45) is 11.7 Å². The van der Waals surface area contributed by atoms with Gasteiger partial charge < -0.3 is 10.2 Å². The van der Waals surface area contributed by atoms with E-state index in [4.69, 9.17) is 10.2 Å². The SMILES string of the molecule is CCCC(CC)CCN(C(N)=O)c1nc2ccccc2c(=O)o1. The van der Waals surface area contributed by atoms with Crippen LogP contribution in [-0.4, -0.2) is 17.6 Å². The first-order valence-corrected chi connectivity index (χ1v) is 8.03. The van der Waals surface area contributed by atoms with E-state index in [0.717, 1.165) is 25.7 Å². The van der Waals surface area contributed by atoms with Gasteiger partial charge in [0.25, 0.3) is 0 Å². The number of urea groups is 1. The van der Waals surface area contributed by atoms with Crippen LogP contribution in [0.4, 0.5) is 10.8 Å². The summed E-state index contributed by atoms with van der Waals surface area (Å²) in [7, 11) is 0. The highest BCUT2D eigenvalue weighted by molar-refractivity contribution is 5.89. The van der Waals surface area contributed by atoms with Gasteiger partial charge in [-0.05, 0) is 24.5 Å². The summed E-state index contributed by atoms with van der Waals surface area (Å²) < 4.78 is 5.20. The van der Waals surface area contributed by atoms with E-state index in [1.54, 1.807) is 24.3 Å². The molecule has 2 aromatic rings.